The third-order valence-electron chi connectivity index (χ3n) is 6.44. The number of benzene rings is 2. The number of hydrogen-bond donors (Lipinski definition) is 0. The number of aryl methyl sites for hydroxylation is 3. The zero-order chi connectivity index (χ0) is 25.9. The van der Waals surface area contributed by atoms with Crippen molar-refractivity contribution >= 4 is 28.1 Å². The summed E-state index contributed by atoms with van der Waals surface area (Å²) < 4.78 is 28.0. The lowest BCUT2D eigenvalue weighted by Crippen LogP contribution is -2.25. The van der Waals surface area contributed by atoms with Crippen molar-refractivity contribution in [3.8, 4) is 11.1 Å². The summed E-state index contributed by atoms with van der Waals surface area (Å²) in [5, 5.41) is 0. The Bertz CT molecular complexity index is 1570. The van der Waals surface area contributed by atoms with E-state index in [1.165, 1.54) is 4.31 Å². The molecule has 0 fully saturated rings. The molecule has 0 saturated heterocycles. The molecule has 3 aromatic heterocycles. The second-order valence-corrected chi connectivity index (χ2v) is 9.92. The lowest BCUT2D eigenvalue weighted by Gasteiger charge is -2.28. The summed E-state index contributed by atoms with van der Waals surface area (Å²) in [5.74, 6) is 1.01. The Morgan fingerprint density at radius 1 is 0.973 bits per heavy atom. The number of anilines is 1. The predicted octanol–water partition coefficient (Wildman–Crippen LogP) is 5.52. The average Bonchev–Trinajstić information content (AvgIpc) is 3.26. The number of aromatic nitrogens is 4. The molecule has 2 aromatic carbocycles. The van der Waals surface area contributed by atoms with Crippen LogP contribution < -0.4 is 4.31 Å². The highest BCUT2D eigenvalue weighted by Crippen LogP contribution is 2.32. The van der Waals surface area contributed by atoms with Crippen LogP contribution in [0.4, 0.5) is 5.69 Å². The maximum absolute atomic E-state index is 12.2. The van der Waals surface area contributed by atoms with Gasteiger partial charge >= 0.3 is 0 Å². The fraction of sp³-hybridized carbons (Fsp3) is 0.207. The Morgan fingerprint density at radius 2 is 1.73 bits per heavy atom. The molecule has 1 unspecified atom stereocenters. The van der Waals surface area contributed by atoms with Crippen molar-refractivity contribution in [2.45, 2.75) is 40.3 Å². The lowest BCUT2D eigenvalue weighted by atomic mass is 10.0. The molecule has 188 valence electrons. The van der Waals surface area contributed by atoms with E-state index in [2.05, 4.69) is 41.6 Å². The molecular weight excluding hydrogens is 482 g/mol. The zero-order valence-electron chi connectivity index (χ0n) is 21.1. The molecule has 0 aliphatic heterocycles. The maximum Gasteiger partial charge on any atom is 0.160 e. The van der Waals surface area contributed by atoms with Gasteiger partial charge in [-0.15, -0.1) is 0 Å². The lowest BCUT2D eigenvalue weighted by molar-refractivity contribution is 0.531. The van der Waals surface area contributed by atoms with Gasteiger partial charge in [-0.3, -0.25) is 13.5 Å². The maximum atomic E-state index is 12.2. The summed E-state index contributed by atoms with van der Waals surface area (Å²) >= 11 is -2.46. The number of imidazole rings is 1. The molecule has 0 N–H and O–H groups in total. The third-order valence-corrected chi connectivity index (χ3v) is 7.13. The molecule has 0 radical (unpaired) electrons. The number of hydrogen-bond acceptors (Lipinski definition) is 5. The number of pyridine rings is 2. The quantitative estimate of drug-likeness (QED) is 0.257. The van der Waals surface area contributed by atoms with Crippen molar-refractivity contribution in [2.75, 3.05) is 4.31 Å². The highest BCUT2D eigenvalue weighted by Gasteiger charge is 2.16. The van der Waals surface area contributed by atoms with Crippen molar-refractivity contribution in [2.24, 2.45) is 0 Å². The van der Waals surface area contributed by atoms with Crippen molar-refractivity contribution in [1.29, 1.82) is 0 Å². The highest BCUT2D eigenvalue weighted by atomic mass is 32.2. The van der Waals surface area contributed by atoms with Crippen molar-refractivity contribution in [1.82, 2.24) is 19.5 Å². The molecule has 37 heavy (non-hydrogen) atoms. The molecule has 0 amide bonds. The summed E-state index contributed by atoms with van der Waals surface area (Å²) in [5.41, 5.74) is 8.23. The van der Waals surface area contributed by atoms with E-state index < -0.39 is 11.3 Å². The van der Waals surface area contributed by atoms with Crippen LogP contribution in [0.2, 0.25) is 0 Å². The molecule has 7 nitrogen and oxygen atoms in total. The Kier molecular flexibility index (Phi) is 7.12. The topological polar surface area (TPSA) is 87.0 Å². The van der Waals surface area contributed by atoms with Gasteiger partial charge in [0.15, 0.2) is 5.65 Å². The molecule has 3 heterocycles. The van der Waals surface area contributed by atoms with Crippen molar-refractivity contribution in [3.63, 3.8) is 0 Å². The molecule has 0 saturated carbocycles. The van der Waals surface area contributed by atoms with E-state index in [4.69, 9.17) is 9.97 Å². The summed E-state index contributed by atoms with van der Waals surface area (Å²) in [6.45, 7) is 7.07. The van der Waals surface area contributed by atoms with E-state index in [9.17, 15) is 8.76 Å². The Hall–Kier alpha value is -3.88. The number of fused-ring (bicyclic) bond motifs is 1. The fourth-order valence-electron chi connectivity index (χ4n) is 4.65. The van der Waals surface area contributed by atoms with E-state index in [0.717, 1.165) is 56.9 Å². The van der Waals surface area contributed by atoms with Gasteiger partial charge in [-0.1, -0.05) is 61.5 Å². The molecule has 1 atom stereocenters. The first kappa shape index (κ1) is 24.8. The molecule has 0 aliphatic rings. The number of rotatable bonds is 8. The molecule has 8 heteroatoms. The van der Waals surface area contributed by atoms with Crippen LogP contribution in [0.15, 0.2) is 79.1 Å². The normalized spacial score (nSPS) is 12.1. The first-order valence-electron chi connectivity index (χ1n) is 12.2. The van der Waals surface area contributed by atoms with Gasteiger partial charge in [0, 0.05) is 35.1 Å². The summed E-state index contributed by atoms with van der Waals surface area (Å²) in [4.78, 5) is 13.8. The predicted molar refractivity (Wildman–Crippen MR) is 147 cm³/mol. The van der Waals surface area contributed by atoms with Crippen LogP contribution in [-0.4, -0.2) is 28.3 Å². The largest absolute Gasteiger partial charge is 0.755 e. The first-order valence-corrected chi connectivity index (χ1v) is 13.2. The second kappa shape index (κ2) is 10.6. The standard InChI is InChI=1S/C29H29N5O2S/c1-4-27-32-28-20(2)16-21(3)31-29(28)33(27)18-23-10-12-24(13-11-23)25-14-15-30-17-26(25)34(37(35)36)19-22-8-6-5-7-9-22/h5-17H,4,18-19H2,1-3H3,(H,35,36)/p-1. The Labute approximate surface area is 219 Å². The minimum atomic E-state index is -2.46. The van der Waals surface area contributed by atoms with E-state index in [1.807, 2.05) is 55.5 Å². The molecule has 5 aromatic rings. The van der Waals surface area contributed by atoms with Gasteiger partial charge in [0.2, 0.25) is 0 Å². The van der Waals surface area contributed by atoms with Crippen LogP contribution in [-0.2, 0) is 30.8 Å². The van der Waals surface area contributed by atoms with Gasteiger partial charge in [0.1, 0.15) is 11.3 Å². The van der Waals surface area contributed by atoms with Gasteiger partial charge in [0.05, 0.1) is 25.0 Å². The summed E-state index contributed by atoms with van der Waals surface area (Å²) in [7, 11) is 0. The monoisotopic (exact) mass is 510 g/mol. The third kappa shape index (κ3) is 5.16. The average molecular weight is 511 g/mol. The zero-order valence-corrected chi connectivity index (χ0v) is 21.9. The molecule has 0 bridgehead atoms. The molecule has 0 spiro atoms. The van der Waals surface area contributed by atoms with Crippen LogP contribution in [0.5, 0.6) is 0 Å². The summed E-state index contributed by atoms with van der Waals surface area (Å²) in [6, 6.07) is 21.6. The fourth-order valence-corrected chi connectivity index (χ4v) is 5.21. The van der Waals surface area contributed by atoms with Gasteiger partial charge < -0.3 is 9.12 Å². The van der Waals surface area contributed by atoms with Crippen molar-refractivity contribution < 1.29 is 8.76 Å². The number of nitrogens with zero attached hydrogens (tertiary/aromatic N) is 5. The van der Waals surface area contributed by atoms with Gasteiger partial charge in [-0.05, 0) is 48.2 Å². The Morgan fingerprint density at radius 3 is 2.43 bits per heavy atom. The Balaban J connectivity index is 1.47. The van der Waals surface area contributed by atoms with E-state index in [-0.39, 0.29) is 6.54 Å². The second-order valence-electron chi connectivity index (χ2n) is 9.05. The molecular formula is C29H28N5O2S-. The van der Waals surface area contributed by atoms with Crippen LogP contribution in [0.3, 0.4) is 0 Å². The van der Waals surface area contributed by atoms with Crippen molar-refractivity contribution in [3.05, 3.63) is 107 Å². The minimum absolute atomic E-state index is 0.229. The van der Waals surface area contributed by atoms with Crippen LogP contribution in [0.25, 0.3) is 22.3 Å². The van der Waals surface area contributed by atoms with Gasteiger partial charge in [-0.25, -0.2) is 9.97 Å². The highest BCUT2D eigenvalue weighted by molar-refractivity contribution is 7.80. The smallest absolute Gasteiger partial charge is 0.160 e. The SMILES string of the molecule is CCc1nc2c(C)cc(C)nc2n1Cc1ccc(-c2ccncc2N(Cc2ccccc2)S(=O)[O-])cc1. The van der Waals surface area contributed by atoms with Gasteiger partial charge in [0.25, 0.3) is 0 Å². The summed E-state index contributed by atoms with van der Waals surface area (Å²) in [6.07, 6.45) is 4.10. The first-order chi connectivity index (χ1) is 17.9. The van der Waals surface area contributed by atoms with Gasteiger partial charge in [-0.2, -0.15) is 0 Å². The molecule has 0 aliphatic carbocycles. The molecule has 5 rings (SSSR count). The van der Waals surface area contributed by atoms with E-state index in [0.29, 0.717) is 12.2 Å². The van der Waals surface area contributed by atoms with E-state index in [1.54, 1.807) is 12.4 Å². The van der Waals surface area contributed by atoms with Crippen LogP contribution in [0.1, 0.15) is 35.1 Å². The van der Waals surface area contributed by atoms with Crippen LogP contribution in [0, 0.1) is 13.8 Å². The van der Waals surface area contributed by atoms with E-state index >= 15 is 0 Å². The minimum Gasteiger partial charge on any atom is -0.755 e. The van der Waals surface area contributed by atoms with Crippen LogP contribution >= 0.6 is 0 Å².